The summed E-state index contributed by atoms with van der Waals surface area (Å²) in [5.74, 6) is 0.718. The van der Waals surface area contributed by atoms with Crippen molar-refractivity contribution in [3.8, 4) is 15.6 Å². The Hall–Kier alpha value is -1.20. The number of rotatable bonds is 3. The summed E-state index contributed by atoms with van der Waals surface area (Å²) < 4.78 is 9.11. The Labute approximate surface area is 95.5 Å². The second-order valence-electron chi connectivity index (χ2n) is 2.95. The van der Waals surface area contributed by atoms with Crippen molar-refractivity contribution in [2.75, 3.05) is 7.11 Å². The lowest BCUT2D eigenvalue weighted by Crippen LogP contribution is -1.83. The Morgan fingerprint density at radius 2 is 2.20 bits per heavy atom. The first-order valence-corrected chi connectivity index (χ1v) is 5.91. The van der Waals surface area contributed by atoms with Crippen molar-refractivity contribution in [3.63, 3.8) is 0 Å². The molecule has 0 aromatic carbocycles. The number of hydrogen-bond donors (Lipinski definition) is 0. The van der Waals surface area contributed by atoms with Gasteiger partial charge in [0.25, 0.3) is 0 Å². The highest BCUT2D eigenvalue weighted by molar-refractivity contribution is 7.21. The van der Waals surface area contributed by atoms with Crippen LogP contribution in [0.3, 0.4) is 0 Å². The Morgan fingerprint density at radius 3 is 2.73 bits per heavy atom. The van der Waals surface area contributed by atoms with E-state index in [1.807, 2.05) is 18.2 Å². The van der Waals surface area contributed by atoms with Crippen LogP contribution >= 0.6 is 22.9 Å². The van der Waals surface area contributed by atoms with E-state index in [1.54, 1.807) is 14.0 Å². The molecular formula is C10H9NO2S2. The van der Waals surface area contributed by atoms with Crippen LogP contribution in [0.1, 0.15) is 16.6 Å². The third-order valence-corrected chi connectivity index (χ3v) is 4.05. The number of carbonyl (C=O) groups excluding carboxylic acids is 1. The fraction of sp³-hybridized carbons (Fsp3) is 0.200. The largest absolute Gasteiger partial charge is 0.480 e. The molecule has 0 fully saturated rings. The van der Waals surface area contributed by atoms with Crippen molar-refractivity contribution in [1.82, 2.24) is 4.37 Å². The van der Waals surface area contributed by atoms with E-state index in [2.05, 4.69) is 4.37 Å². The zero-order chi connectivity index (χ0) is 10.8. The molecule has 0 spiro atoms. The highest BCUT2D eigenvalue weighted by Crippen LogP contribution is 2.33. The number of methoxy groups -OCH3 is 1. The van der Waals surface area contributed by atoms with Crippen molar-refractivity contribution >= 4 is 28.7 Å². The maximum Gasteiger partial charge on any atom is 0.225 e. The maximum absolute atomic E-state index is 11.1. The van der Waals surface area contributed by atoms with Gasteiger partial charge in [0.1, 0.15) is 0 Å². The van der Waals surface area contributed by atoms with Gasteiger partial charge in [0.05, 0.1) is 16.9 Å². The first-order valence-electron chi connectivity index (χ1n) is 4.32. The van der Waals surface area contributed by atoms with Crippen molar-refractivity contribution in [1.29, 1.82) is 0 Å². The van der Waals surface area contributed by atoms with Gasteiger partial charge in [-0.05, 0) is 30.6 Å². The summed E-state index contributed by atoms with van der Waals surface area (Å²) in [6, 6.07) is 5.66. The highest BCUT2D eigenvalue weighted by atomic mass is 32.1. The molecule has 3 nitrogen and oxygen atoms in total. The van der Waals surface area contributed by atoms with E-state index < -0.39 is 0 Å². The lowest BCUT2D eigenvalue weighted by molar-refractivity contribution is 0.102. The molecule has 0 atom stereocenters. The number of ketones is 1. The van der Waals surface area contributed by atoms with Gasteiger partial charge in [-0.25, -0.2) is 0 Å². The number of hydrogen-bond acceptors (Lipinski definition) is 5. The van der Waals surface area contributed by atoms with E-state index in [0.29, 0.717) is 5.88 Å². The fourth-order valence-corrected chi connectivity index (χ4v) is 2.81. The molecule has 2 rings (SSSR count). The van der Waals surface area contributed by atoms with Crippen LogP contribution in [0.25, 0.3) is 9.75 Å². The molecular weight excluding hydrogens is 230 g/mol. The molecule has 0 aliphatic heterocycles. The summed E-state index contributed by atoms with van der Waals surface area (Å²) in [6.07, 6.45) is 0. The lowest BCUT2D eigenvalue weighted by Gasteiger charge is -1.88. The molecule has 5 heteroatoms. The molecule has 0 unspecified atom stereocenters. The summed E-state index contributed by atoms with van der Waals surface area (Å²) in [7, 11) is 1.59. The van der Waals surface area contributed by atoms with Gasteiger partial charge in [-0.15, -0.1) is 11.3 Å². The predicted molar refractivity (Wildman–Crippen MR) is 62.0 cm³/mol. The minimum Gasteiger partial charge on any atom is -0.480 e. The van der Waals surface area contributed by atoms with Crippen LogP contribution in [0.15, 0.2) is 18.2 Å². The van der Waals surface area contributed by atoms with Gasteiger partial charge < -0.3 is 4.74 Å². The standard InChI is InChI=1S/C10H9NO2S2/c1-6(12)7-3-4-8(14-7)9-5-10(13-2)11-15-9/h3-5H,1-2H3. The fourth-order valence-electron chi connectivity index (χ4n) is 1.13. The maximum atomic E-state index is 11.1. The minimum atomic E-state index is 0.0998. The predicted octanol–water partition coefficient (Wildman–Crippen LogP) is 3.08. The van der Waals surface area contributed by atoms with Gasteiger partial charge in [-0.1, -0.05) is 0 Å². The molecule has 2 aromatic heterocycles. The molecule has 2 aromatic rings. The number of nitrogens with zero attached hydrogens (tertiary/aromatic N) is 1. The van der Waals surface area contributed by atoms with Crippen LogP contribution in [0.5, 0.6) is 5.88 Å². The number of Topliss-reactive ketones (excluding diaryl/α,β-unsaturated/α-hetero) is 1. The molecule has 15 heavy (non-hydrogen) atoms. The van der Waals surface area contributed by atoms with Crippen molar-refractivity contribution in [2.45, 2.75) is 6.92 Å². The number of thiophene rings is 1. The molecule has 0 saturated heterocycles. The Morgan fingerprint density at radius 1 is 1.40 bits per heavy atom. The smallest absolute Gasteiger partial charge is 0.225 e. The van der Waals surface area contributed by atoms with E-state index in [1.165, 1.54) is 22.9 Å². The average Bonchev–Trinajstić information content (AvgIpc) is 2.86. The van der Waals surface area contributed by atoms with Crippen LogP contribution in [0, 0.1) is 0 Å². The number of aromatic nitrogens is 1. The van der Waals surface area contributed by atoms with Crippen LogP contribution in [-0.4, -0.2) is 17.3 Å². The van der Waals surface area contributed by atoms with Gasteiger partial charge in [0.15, 0.2) is 5.78 Å². The normalized spacial score (nSPS) is 10.3. The number of ether oxygens (including phenoxy) is 1. The van der Waals surface area contributed by atoms with E-state index in [0.717, 1.165) is 14.6 Å². The van der Waals surface area contributed by atoms with Crippen molar-refractivity contribution in [3.05, 3.63) is 23.1 Å². The third-order valence-electron chi connectivity index (χ3n) is 1.89. The molecule has 78 valence electrons. The van der Waals surface area contributed by atoms with E-state index in [4.69, 9.17) is 4.74 Å². The molecule has 0 bridgehead atoms. The van der Waals surface area contributed by atoms with Crippen LogP contribution in [0.4, 0.5) is 0 Å². The van der Waals surface area contributed by atoms with Crippen molar-refractivity contribution < 1.29 is 9.53 Å². The Balaban J connectivity index is 2.32. The molecule has 0 amide bonds. The minimum absolute atomic E-state index is 0.0998. The molecule has 0 aliphatic carbocycles. The molecule has 0 aliphatic rings. The van der Waals surface area contributed by atoms with Gasteiger partial charge >= 0.3 is 0 Å². The molecule has 2 heterocycles. The Kier molecular flexibility index (Phi) is 2.83. The summed E-state index contributed by atoms with van der Waals surface area (Å²) in [6.45, 7) is 1.57. The zero-order valence-corrected chi connectivity index (χ0v) is 9.95. The first-order chi connectivity index (χ1) is 7.20. The van der Waals surface area contributed by atoms with Gasteiger partial charge in [-0.3, -0.25) is 4.79 Å². The molecule has 0 N–H and O–H groups in total. The van der Waals surface area contributed by atoms with Crippen LogP contribution < -0.4 is 4.74 Å². The summed E-state index contributed by atoms with van der Waals surface area (Å²) in [5.41, 5.74) is 0. The first kappa shape index (κ1) is 10.3. The average molecular weight is 239 g/mol. The van der Waals surface area contributed by atoms with Crippen LogP contribution in [-0.2, 0) is 0 Å². The third kappa shape index (κ3) is 2.08. The van der Waals surface area contributed by atoms with E-state index in [-0.39, 0.29) is 5.78 Å². The lowest BCUT2D eigenvalue weighted by atomic mass is 10.3. The monoisotopic (exact) mass is 239 g/mol. The topological polar surface area (TPSA) is 39.2 Å². The van der Waals surface area contributed by atoms with E-state index >= 15 is 0 Å². The Bertz CT molecular complexity index is 487. The zero-order valence-electron chi connectivity index (χ0n) is 8.31. The van der Waals surface area contributed by atoms with Gasteiger partial charge in [0.2, 0.25) is 5.88 Å². The summed E-state index contributed by atoms with van der Waals surface area (Å²) >= 11 is 2.86. The summed E-state index contributed by atoms with van der Waals surface area (Å²) in [4.78, 5) is 14.0. The summed E-state index contributed by atoms with van der Waals surface area (Å²) in [5, 5.41) is 0. The van der Waals surface area contributed by atoms with E-state index in [9.17, 15) is 4.79 Å². The molecule has 0 saturated carbocycles. The second kappa shape index (κ2) is 4.12. The van der Waals surface area contributed by atoms with Gasteiger partial charge in [-0.2, -0.15) is 4.37 Å². The number of carbonyl (C=O) groups is 1. The second-order valence-corrected chi connectivity index (χ2v) is 4.84. The van der Waals surface area contributed by atoms with Crippen molar-refractivity contribution in [2.24, 2.45) is 0 Å². The highest BCUT2D eigenvalue weighted by Gasteiger charge is 2.09. The SMILES string of the molecule is COc1cc(-c2ccc(C(C)=O)s2)sn1. The van der Waals surface area contributed by atoms with Crippen LogP contribution in [0.2, 0.25) is 0 Å². The quantitative estimate of drug-likeness (QED) is 0.773. The molecule has 0 radical (unpaired) electrons. The van der Waals surface area contributed by atoms with Gasteiger partial charge in [0, 0.05) is 10.9 Å².